The van der Waals surface area contributed by atoms with Crippen molar-refractivity contribution in [1.82, 2.24) is 14.9 Å². The molecule has 1 aliphatic rings. The van der Waals surface area contributed by atoms with Gasteiger partial charge >= 0.3 is 0 Å². The first-order chi connectivity index (χ1) is 11.1. The number of benzene rings is 1. The number of rotatable bonds is 4. The highest BCUT2D eigenvalue weighted by atomic mass is 16.1. The van der Waals surface area contributed by atoms with Crippen molar-refractivity contribution >= 4 is 11.7 Å². The van der Waals surface area contributed by atoms with E-state index < -0.39 is 0 Å². The normalized spacial score (nSPS) is 17.0. The van der Waals surface area contributed by atoms with Crippen LogP contribution < -0.4 is 10.6 Å². The fourth-order valence-corrected chi connectivity index (χ4v) is 2.77. The number of nitrogens with two attached hydrogens (primary N) is 1. The van der Waals surface area contributed by atoms with Crippen molar-refractivity contribution in [1.29, 1.82) is 0 Å². The molecule has 2 aromatic rings. The Hall–Kier alpha value is -2.47. The topological polar surface area (TPSA) is 75.4 Å². The van der Waals surface area contributed by atoms with Gasteiger partial charge in [-0.15, -0.1) is 0 Å². The standard InChI is InChI=1S/C17H21N5O/c1-13(16(18)23)21-9-11-22(12-10-21)15-7-8-19-17(20-15)14-5-3-2-4-6-14/h2-8,13H,9-12H2,1H3,(H2,18,23). The lowest BCUT2D eigenvalue weighted by Gasteiger charge is -2.37. The third-order valence-electron chi connectivity index (χ3n) is 4.27. The Balaban J connectivity index is 1.71. The Morgan fingerprint density at radius 2 is 1.83 bits per heavy atom. The molecule has 3 rings (SSSR count). The van der Waals surface area contributed by atoms with Gasteiger partial charge < -0.3 is 10.6 Å². The quantitative estimate of drug-likeness (QED) is 0.916. The summed E-state index contributed by atoms with van der Waals surface area (Å²) in [7, 11) is 0. The summed E-state index contributed by atoms with van der Waals surface area (Å²) < 4.78 is 0. The number of amides is 1. The van der Waals surface area contributed by atoms with Gasteiger partial charge in [-0.2, -0.15) is 0 Å². The van der Waals surface area contributed by atoms with Gasteiger partial charge in [0.05, 0.1) is 6.04 Å². The molecule has 0 radical (unpaired) electrons. The molecule has 1 aliphatic heterocycles. The molecule has 0 spiro atoms. The monoisotopic (exact) mass is 311 g/mol. The molecular weight excluding hydrogens is 290 g/mol. The second-order valence-electron chi connectivity index (χ2n) is 5.71. The van der Waals surface area contributed by atoms with Crippen LogP contribution in [0.25, 0.3) is 11.4 Å². The van der Waals surface area contributed by atoms with Gasteiger partial charge in [0.1, 0.15) is 5.82 Å². The number of carbonyl (C=O) groups excluding carboxylic acids is 1. The molecule has 6 heteroatoms. The Morgan fingerprint density at radius 1 is 1.13 bits per heavy atom. The lowest BCUT2D eigenvalue weighted by atomic mass is 10.2. The van der Waals surface area contributed by atoms with Crippen LogP contribution in [0.15, 0.2) is 42.6 Å². The number of nitrogens with zero attached hydrogens (tertiary/aromatic N) is 4. The highest BCUT2D eigenvalue weighted by Crippen LogP contribution is 2.19. The number of anilines is 1. The molecule has 0 bridgehead atoms. The number of hydrogen-bond acceptors (Lipinski definition) is 5. The van der Waals surface area contributed by atoms with Crippen LogP contribution >= 0.6 is 0 Å². The van der Waals surface area contributed by atoms with E-state index in [1.54, 1.807) is 6.20 Å². The summed E-state index contributed by atoms with van der Waals surface area (Å²) in [4.78, 5) is 24.7. The van der Waals surface area contributed by atoms with Crippen LogP contribution in [0.5, 0.6) is 0 Å². The number of carbonyl (C=O) groups is 1. The lowest BCUT2D eigenvalue weighted by Crippen LogP contribution is -2.53. The van der Waals surface area contributed by atoms with Gasteiger partial charge in [-0.3, -0.25) is 9.69 Å². The minimum absolute atomic E-state index is 0.220. The first-order valence-corrected chi connectivity index (χ1v) is 7.82. The van der Waals surface area contributed by atoms with Crippen molar-refractivity contribution in [2.24, 2.45) is 5.73 Å². The van der Waals surface area contributed by atoms with Crippen molar-refractivity contribution in [2.45, 2.75) is 13.0 Å². The van der Waals surface area contributed by atoms with Gasteiger partial charge in [0.25, 0.3) is 0 Å². The Bertz CT molecular complexity index is 668. The van der Waals surface area contributed by atoms with Crippen LogP contribution in [0.2, 0.25) is 0 Å². The minimum atomic E-state index is -0.271. The molecule has 120 valence electrons. The van der Waals surface area contributed by atoms with Crippen molar-refractivity contribution in [2.75, 3.05) is 31.1 Å². The highest BCUT2D eigenvalue weighted by Gasteiger charge is 2.24. The largest absolute Gasteiger partial charge is 0.368 e. The van der Waals surface area contributed by atoms with Crippen LogP contribution in [-0.2, 0) is 4.79 Å². The summed E-state index contributed by atoms with van der Waals surface area (Å²) >= 11 is 0. The fraction of sp³-hybridized carbons (Fsp3) is 0.353. The first kappa shape index (κ1) is 15.4. The van der Waals surface area contributed by atoms with E-state index in [4.69, 9.17) is 5.73 Å². The Labute approximate surface area is 135 Å². The summed E-state index contributed by atoms with van der Waals surface area (Å²) in [6.45, 7) is 5.10. The maximum absolute atomic E-state index is 11.3. The van der Waals surface area contributed by atoms with Crippen LogP contribution in [0, 0.1) is 0 Å². The van der Waals surface area contributed by atoms with Crippen LogP contribution in [0.3, 0.4) is 0 Å². The molecule has 1 amide bonds. The number of piperazine rings is 1. The average Bonchev–Trinajstić information content (AvgIpc) is 2.62. The SMILES string of the molecule is CC(C(N)=O)N1CCN(c2ccnc(-c3ccccc3)n2)CC1. The van der Waals surface area contributed by atoms with Crippen molar-refractivity contribution in [3.8, 4) is 11.4 Å². The van der Waals surface area contributed by atoms with Gasteiger partial charge in [-0.25, -0.2) is 9.97 Å². The Morgan fingerprint density at radius 3 is 2.48 bits per heavy atom. The lowest BCUT2D eigenvalue weighted by molar-refractivity contribution is -0.122. The molecule has 6 nitrogen and oxygen atoms in total. The van der Waals surface area contributed by atoms with Gasteiger partial charge in [-0.05, 0) is 13.0 Å². The number of aromatic nitrogens is 2. The zero-order valence-corrected chi connectivity index (χ0v) is 13.2. The van der Waals surface area contributed by atoms with E-state index in [-0.39, 0.29) is 11.9 Å². The van der Waals surface area contributed by atoms with Gasteiger partial charge in [0.15, 0.2) is 5.82 Å². The predicted octanol–water partition coefficient (Wildman–Crippen LogP) is 1.14. The fourth-order valence-electron chi connectivity index (χ4n) is 2.77. The van der Waals surface area contributed by atoms with Gasteiger partial charge in [0, 0.05) is 37.9 Å². The molecule has 1 aromatic carbocycles. The van der Waals surface area contributed by atoms with E-state index in [1.807, 2.05) is 43.3 Å². The van der Waals surface area contributed by atoms with Crippen LogP contribution in [0.4, 0.5) is 5.82 Å². The summed E-state index contributed by atoms with van der Waals surface area (Å²) in [5.41, 5.74) is 6.39. The summed E-state index contributed by atoms with van der Waals surface area (Å²) in [6, 6.07) is 11.7. The van der Waals surface area contributed by atoms with Crippen LogP contribution in [-0.4, -0.2) is 53.0 Å². The van der Waals surface area contributed by atoms with Gasteiger partial charge in [0.2, 0.25) is 5.91 Å². The summed E-state index contributed by atoms with van der Waals surface area (Å²) in [5.74, 6) is 1.38. The second kappa shape index (κ2) is 6.75. The molecule has 23 heavy (non-hydrogen) atoms. The molecule has 0 saturated carbocycles. The number of primary amides is 1. The maximum Gasteiger partial charge on any atom is 0.234 e. The molecule has 2 heterocycles. The molecule has 1 unspecified atom stereocenters. The highest BCUT2D eigenvalue weighted by molar-refractivity contribution is 5.79. The van der Waals surface area contributed by atoms with E-state index >= 15 is 0 Å². The van der Waals surface area contributed by atoms with E-state index in [9.17, 15) is 4.79 Å². The van der Waals surface area contributed by atoms with E-state index in [1.165, 1.54) is 0 Å². The van der Waals surface area contributed by atoms with Crippen LogP contribution in [0.1, 0.15) is 6.92 Å². The van der Waals surface area contributed by atoms with E-state index in [2.05, 4.69) is 19.8 Å². The first-order valence-electron chi connectivity index (χ1n) is 7.82. The summed E-state index contributed by atoms with van der Waals surface area (Å²) in [5, 5.41) is 0. The van der Waals surface area contributed by atoms with Crippen molar-refractivity contribution in [3.05, 3.63) is 42.6 Å². The molecule has 0 aliphatic carbocycles. The smallest absolute Gasteiger partial charge is 0.234 e. The van der Waals surface area contributed by atoms with E-state index in [0.717, 1.165) is 43.4 Å². The van der Waals surface area contributed by atoms with Crippen molar-refractivity contribution < 1.29 is 4.79 Å². The number of hydrogen-bond donors (Lipinski definition) is 1. The molecule has 2 N–H and O–H groups in total. The average molecular weight is 311 g/mol. The third-order valence-corrected chi connectivity index (χ3v) is 4.27. The summed E-state index contributed by atoms with van der Waals surface area (Å²) in [6.07, 6.45) is 1.79. The Kier molecular flexibility index (Phi) is 4.52. The molecule has 1 atom stereocenters. The molecular formula is C17H21N5O. The maximum atomic E-state index is 11.3. The third kappa shape index (κ3) is 3.48. The molecule has 1 aromatic heterocycles. The zero-order chi connectivity index (χ0) is 16.2. The van der Waals surface area contributed by atoms with E-state index in [0.29, 0.717) is 0 Å². The minimum Gasteiger partial charge on any atom is -0.368 e. The zero-order valence-electron chi connectivity index (χ0n) is 13.2. The predicted molar refractivity (Wildman–Crippen MR) is 89.9 cm³/mol. The molecule has 1 fully saturated rings. The van der Waals surface area contributed by atoms with Crippen molar-refractivity contribution in [3.63, 3.8) is 0 Å². The molecule has 1 saturated heterocycles. The van der Waals surface area contributed by atoms with Gasteiger partial charge in [-0.1, -0.05) is 30.3 Å². The second-order valence-corrected chi connectivity index (χ2v) is 5.71.